The van der Waals surface area contributed by atoms with E-state index in [0.717, 1.165) is 21.6 Å². The third kappa shape index (κ3) is 1.78. The van der Waals surface area contributed by atoms with Gasteiger partial charge in [0.2, 0.25) is 0 Å². The van der Waals surface area contributed by atoms with Crippen molar-refractivity contribution < 1.29 is 0 Å². The molecule has 0 atom stereocenters. The highest BCUT2D eigenvalue weighted by molar-refractivity contribution is 9.10. The lowest BCUT2D eigenvalue weighted by Crippen LogP contribution is -2.15. The minimum Gasteiger partial charge on any atom is -0.231 e. The number of hydrogen-bond donors (Lipinski definition) is 0. The van der Waals surface area contributed by atoms with Crippen LogP contribution in [0.25, 0.3) is 5.65 Å². The summed E-state index contributed by atoms with van der Waals surface area (Å²) in [5.74, 6) is 0. The molecule has 0 aliphatic heterocycles. The van der Waals surface area contributed by atoms with E-state index < -0.39 is 0 Å². The zero-order valence-electron chi connectivity index (χ0n) is 9.37. The molecular weight excluding hydrogens is 254 g/mol. The smallest absolute Gasteiger partial charge is 0.155 e. The lowest BCUT2D eigenvalue weighted by atomic mass is 9.92. The summed E-state index contributed by atoms with van der Waals surface area (Å²) in [4.78, 5) is 4.39. The third-order valence-corrected chi connectivity index (χ3v) is 3.26. The quantitative estimate of drug-likeness (QED) is 0.735. The van der Waals surface area contributed by atoms with Crippen LogP contribution in [0.1, 0.15) is 32.2 Å². The standard InChI is InChI=1S/C11H14BrN3/c1-7-10(12)15-9(13-7)6-5-8(14-15)11(2,3)4/h5-6H,1-4H3. The molecule has 2 rings (SSSR count). The van der Waals surface area contributed by atoms with Crippen molar-refractivity contribution in [2.45, 2.75) is 33.1 Å². The Hall–Kier alpha value is -0.900. The van der Waals surface area contributed by atoms with Crippen molar-refractivity contribution in [3.8, 4) is 0 Å². The Kier molecular flexibility index (Phi) is 2.34. The summed E-state index contributed by atoms with van der Waals surface area (Å²) < 4.78 is 2.78. The number of aryl methyl sites for hydroxylation is 1. The van der Waals surface area contributed by atoms with Crippen molar-refractivity contribution in [1.82, 2.24) is 14.6 Å². The monoisotopic (exact) mass is 267 g/mol. The molecule has 2 aromatic heterocycles. The summed E-state index contributed by atoms with van der Waals surface area (Å²) in [5.41, 5.74) is 2.97. The van der Waals surface area contributed by atoms with E-state index >= 15 is 0 Å². The molecule has 0 fully saturated rings. The highest BCUT2D eigenvalue weighted by atomic mass is 79.9. The third-order valence-electron chi connectivity index (χ3n) is 2.35. The number of fused-ring (bicyclic) bond motifs is 1. The Morgan fingerprint density at radius 3 is 2.53 bits per heavy atom. The topological polar surface area (TPSA) is 30.2 Å². The number of rotatable bonds is 0. The maximum Gasteiger partial charge on any atom is 0.155 e. The highest BCUT2D eigenvalue weighted by Crippen LogP contribution is 2.22. The Balaban J connectivity index is 2.70. The Morgan fingerprint density at radius 2 is 1.93 bits per heavy atom. The van der Waals surface area contributed by atoms with Crippen LogP contribution >= 0.6 is 15.9 Å². The Labute approximate surface area is 97.6 Å². The predicted octanol–water partition coefficient (Wildman–Crippen LogP) is 3.10. The molecule has 4 heteroatoms. The van der Waals surface area contributed by atoms with Crippen molar-refractivity contribution in [3.63, 3.8) is 0 Å². The number of hydrogen-bond acceptors (Lipinski definition) is 2. The molecule has 0 bridgehead atoms. The summed E-state index contributed by atoms with van der Waals surface area (Å²) in [7, 11) is 0. The molecule has 15 heavy (non-hydrogen) atoms. The second-order valence-corrected chi connectivity index (χ2v) is 5.48. The normalized spacial score (nSPS) is 12.3. The molecule has 0 spiro atoms. The van der Waals surface area contributed by atoms with Gasteiger partial charge in [-0.25, -0.2) is 9.50 Å². The van der Waals surface area contributed by atoms with Crippen LogP contribution in [-0.4, -0.2) is 14.6 Å². The zero-order chi connectivity index (χ0) is 11.2. The molecule has 2 aromatic rings. The lowest BCUT2D eigenvalue weighted by Gasteiger charge is -2.17. The molecule has 0 saturated carbocycles. The largest absolute Gasteiger partial charge is 0.231 e. The van der Waals surface area contributed by atoms with Crippen LogP contribution < -0.4 is 0 Å². The molecule has 0 N–H and O–H groups in total. The van der Waals surface area contributed by atoms with E-state index in [2.05, 4.69) is 46.8 Å². The van der Waals surface area contributed by atoms with Crippen molar-refractivity contribution in [3.05, 3.63) is 28.1 Å². The first kappa shape index (κ1) is 10.6. The van der Waals surface area contributed by atoms with Crippen molar-refractivity contribution in [1.29, 1.82) is 0 Å². The summed E-state index contributed by atoms with van der Waals surface area (Å²) in [6.45, 7) is 8.42. The molecule has 0 saturated heterocycles. The summed E-state index contributed by atoms with van der Waals surface area (Å²) >= 11 is 3.49. The molecule has 0 aromatic carbocycles. The molecule has 0 aliphatic rings. The van der Waals surface area contributed by atoms with Crippen LogP contribution in [0.4, 0.5) is 0 Å². The molecule has 0 amide bonds. The fourth-order valence-electron chi connectivity index (χ4n) is 1.42. The van der Waals surface area contributed by atoms with Gasteiger partial charge in [0.15, 0.2) is 5.65 Å². The minimum atomic E-state index is 0.0613. The molecule has 2 heterocycles. The average molecular weight is 268 g/mol. The molecule has 80 valence electrons. The number of imidazole rings is 1. The van der Waals surface area contributed by atoms with Crippen LogP contribution in [0.5, 0.6) is 0 Å². The number of aromatic nitrogens is 3. The van der Waals surface area contributed by atoms with E-state index in [-0.39, 0.29) is 5.41 Å². The van der Waals surface area contributed by atoms with Gasteiger partial charge in [-0.2, -0.15) is 5.10 Å². The van der Waals surface area contributed by atoms with E-state index in [9.17, 15) is 0 Å². The van der Waals surface area contributed by atoms with E-state index in [1.54, 1.807) is 0 Å². The van der Waals surface area contributed by atoms with Crippen LogP contribution in [0.2, 0.25) is 0 Å². The Bertz CT molecular complexity index is 508. The van der Waals surface area contributed by atoms with Crippen LogP contribution in [0, 0.1) is 6.92 Å². The summed E-state index contributed by atoms with van der Waals surface area (Å²) in [6.07, 6.45) is 0. The fourth-order valence-corrected chi connectivity index (χ4v) is 1.77. The van der Waals surface area contributed by atoms with E-state index in [1.807, 2.05) is 23.6 Å². The highest BCUT2D eigenvalue weighted by Gasteiger charge is 2.17. The van der Waals surface area contributed by atoms with Gasteiger partial charge in [0.25, 0.3) is 0 Å². The van der Waals surface area contributed by atoms with Crippen molar-refractivity contribution in [2.75, 3.05) is 0 Å². The van der Waals surface area contributed by atoms with Gasteiger partial charge >= 0.3 is 0 Å². The van der Waals surface area contributed by atoms with Crippen molar-refractivity contribution in [2.24, 2.45) is 0 Å². The maximum atomic E-state index is 4.57. The second kappa shape index (κ2) is 3.30. The van der Waals surface area contributed by atoms with Gasteiger partial charge in [0.05, 0.1) is 11.4 Å². The van der Waals surface area contributed by atoms with Gasteiger partial charge in [-0.3, -0.25) is 0 Å². The lowest BCUT2D eigenvalue weighted by molar-refractivity contribution is 0.553. The van der Waals surface area contributed by atoms with Crippen LogP contribution in [-0.2, 0) is 5.41 Å². The zero-order valence-corrected chi connectivity index (χ0v) is 11.0. The van der Waals surface area contributed by atoms with Crippen LogP contribution in [0.15, 0.2) is 16.7 Å². The minimum absolute atomic E-state index is 0.0613. The van der Waals surface area contributed by atoms with Gasteiger partial charge < -0.3 is 0 Å². The Morgan fingerprint density at radius 1 is 1.27 bits per heavy atom. The number of nitrogens with zero attached hydrogens (tertiary/aromatic N) is 3. The first-order chi connectivity index (χ1) is 6.89. The summed E-state index contributed by atoms with van der Waals surface area (Å²) in [6, 6.07) is 4.04. The fraction of sp³-hybridized carbons (Fsp3) is 0.455. The molecular formula is C11H14BrN3. The van der Waals surface area contributed by atoms with Crippen molar-refractivity contribution >= 4 is 21.6 Å². The van der Waals surface area contributed by atoms with Gasteiger partial charge in [-0.15, -0.1) is 0 Å². The second-order valence-electron chi connectivity index (χ2n) is 4.73. The molecule has 0 radical (unpaired) electrons. The molecule has 0 unspecified atom stereocenters. The van der Waals surface area contributed by atoms with Gasteiger partial charge in [-0.05, 0) is 35.0 Å². The number of halogens is 1. The predicted molar refractivity (Wildman–Crippen MR) is 64.1 cm³/mol. The first-order valence-corrected chi connectivity index (χ1v) is 5.71. The van der Waals surface area contributed by atoms with E-state index in [1.165, 1.54) is 0 Å². The van der Waals surface area contributed by atoms with E-state index in [0.29, 0.717) is 0 Å². The molecule has 3 nitrogen and oxygen atoms in total. The SMILES string of the molecule is Cc1nc2ccc(C(C)(C)C)nn2c1Br. The van der Waals surface area contributed by atoms with Gasteiger partial charge in [-0.1, -0.05) is 20.8 Å². The average Bonchev–Trinajstić information content (AvgIpc) is 2.41. The van der Waals surface area contributed by atoms with E-state index in [4.69, 9.17) is 0 Å². The summed E-state index contributed by atoms with van der Waals surface area (Å²) in [5, 5.41) is 4.57. The molecule has 0 aliphatic carbocycles. The van der Waals surface area contributed by atoms with Gasteiger partial charge in [0.1, 0.15) is 4.60 Å². The first-order valence-electron chi connectivity index (χ1n) is 4.92. The maximum absolute atomic E-state index is 4.57. The van der Waals surface area contributed by atoms with Crippen LogP contribution in [0.3, 0.4) is 0 Å². The van der Waals surface area contributed by atoms with Gasteiger partial charge in [0, 0.05) is 5.41 Å².